The number of carbonyl (C=O) groups is 1. The van der Waals surface area contributed by atoms with Gasteiger partial charge in [0.25, 0.3) is 0 Å². The number of hydrogen-bond donors (Lipinski definition) is 0. The van der Waals surface area contributed by atoms with Crippen molar-refractivity contribution in [2.75, 3.05) is 27.4 Å². The number of rotatable bonds is 6. The number of benzene rings is 1. The van der Waals surface area contributed by atoms with Gasteiger partial charge in [0.05, 0.1) is 13.7 Å². The van der Waals surface area contributed by atoms with Gasteiger partial charge in [-0.2, -0.15) is 0 Å². The zero-order valence-electron chi connectivity index (χ0n) is 10.0. The Kier molecular flexibility index (Phi) is 5.82. The van der Waals surface area contributed by atoms with Crippen LogP contribution in [0.5, 0.6) is 5.75 Å². The van der Waals surface area contributed by atoms with Crippen molar-refractivity contribution >= 4 is 12.0 Å². The Bertz CT molecular complexity index is 368. The highest BCUT2D eigenvalue weighted by Gasteiger charge is 1.95. The Hall–Kier alpha value is -1.81. The minimum atomic E-state index is -0.370. The summed E-state index contributed by atoms with van der Waals surface area (Å²) in [5.41, 5.74) is 0.912. The first-order valence-corrected chi connectivity index (χ1v) is 5.24. The van der Waals surface area contributed by atoms with Crippen molar-refractivity contribution in [1.29, 1.82) is 0 Å². The maximum atomic E-state index is 10.9. The predicted octanol–water partition coefficient (Wildman–Crippen LogP) is 1.90. The van der Waals surface area contributed by atoms with E-state index in [0.717, 1.165) is 11.3 Å². The minimum Gasteiger partial charge on any atom is -0.491 e. The van der Waals surface area contributed by atoms with Gasteiger partial charge < -0.3 is 14.2 Å². The zero-order chi connectivity index (χ0) is 12.5. The Morgan fingerprint density at radius 1 is 1.18 bits per heavy atom. The van der Waals surface area contributed by atoms with Gasteiger partial charge in [-0.15, -0.1) is 0 Å². The standard InChI is InChI=1S/C13H16O4/c1-15-9-10-17-12-6-3-11(4-7-12)5-8-13(14)16-2/h3-8H,9-10H2,1-2H3/b8-5+. The summed E-state index contributed by atoms with van der Waals surface area (Å²) in [5, 5.41) is 0. The van der Waals surface area contributed by atoms with E-state index in [2.05, 4.69) is 4.74 Å². The van der Waals surface area contributed by atoms with Crippen molar-refractivity contribution < 1.29 is 19.0 Å². The van der Waals surface area contributed by atoms with Gasteiger partial charge in [-0.25, -0.2) is 4.79 Å². The SMILES string of the molecule is COCCOc1ccc(/C=C/C(=O)OC)cc1. The summed E-state index contributed by atoms with van der Waals surface area (Å²) in [7, 11) is 2.98. The summed E-state index contributed by atoms with van der Waals surface area (Å²) in [5.74, 6) is 0.405. The van der Waals surface area contributed by atoms with E-state index >= 15 is 0 Å². The number of carbonyl (C=O) groups excluding carboxylic acids is 1. The van der Waals surface area contributed by atoms with Crippen molar-refractivity contribution in [3.63, 3.8) is 0 Å². The molecule has 0 aliphatic heterocycles. The third-order valence-electron chi connectivity index (χ3n) is 2.05. The molecule has 0 unspecified atom stereocenters. The largest absolute Gasteiger partial charge is 0.491 e. The van der Waals surface area contributed by atoms with E-state index in [-0.39, 0.29) is 5.97 Å². The molecule has 0 aliphatic carbocycles. The first-order chi connectivity index (χ1) is 8.26. The first-order valence-electron chi connectivity index (χ1n) is 5.24. The normalized spacial score (nSPS) is 10.5. The van der Waals surface area contributed by atoms with Crippen LogP contribution in [0.1, 0.15) is 5.56 Å². The molecule has 0 radical (unpaired) electrons. The molecule has 0 saturated carbocycles. The van der Waals surface area contributed by atoms with Gasteiger partial charge in [0.2, 0.25) is 0 Å². The monoisotopic (exact) mass is 236 g/mol. The molecule has 0 saturated heterocycles. The summed E-state index contributed by atoms with van der Waals surface area (Å²) in [6.07, 6.45) is 3.06. The van der Waals surface area contributed by atoms with Gasteiger partial charge in [0.15, 0.2) is 0 Å². The van der Waals surface area contributed by atoms with Crippen molar-refractivity contribution in [3.8, 4) is 5.75 Å². The molecule has 92 valence electrons. The third-order valence-corrected chi connectivity index (χ3v) is 2.05. The van der Waals surface area contributed by atoms with Crippen LogP contribution in [-0.2, 0) is 14.3 Å². The Labute approximate surface area is 101 Å². The number of esters is 1. The van der Waals surface area contributed by atoms with Gasteiger partial charge in [0.1, 0.15) is 12.4 Å². The van der Waals surface area contributed by atoms with E-state index in [0.29, 0.717) is 13.2 Å². The molecule has 0 spiro atoms. The molecule has 0 N–H and O–H groups in total. The molecule has 1 rings (SSSR count). The summed E-state index contributed by atoms with van der Waals surface area (Å²) in [6.45, 7) is 1.08. The molecule has 0 bridgehead atoms. The lowest BCUT2D eigenvalue weighted by Gasteiger charge is -2.05. The second-order valence-electron chi connectivity index (χ2n) is 3.27. The summed E-state index contributed by atoms with van der Waals surface area (Å²) in [4.78, 5) is 10.9. The van der Waals surface area contributed by atoms with Gasteiger partial charge in [-0.3, -0.25) is 0 Å². The highest BCUT2D eigenvalue weighted by molar-refractivity contribution is 5.86. The lowest BCUT2D eigenvalue weighted by atomic mass is 10.2. The van der Waals surface area contributed by atoms with Crippen molar-refractivity contribution in [3.05, 3.63) is 35.9 Å². The zero-order valence-corrected chi connectivity index (χ0v) is 10.0. The van der Waals surface area contributed by atoms with E-state index in [1.54, 1.807) is 13.2 Å². The molecule has 0 aromatic heterocycles. The van der Waals surface area contributed by atoms with Crippen LogP contribution in [0.4, 0.5) is 0 Å². The van der Waals surface area contributed by atoms with Crippen molar-refractivity contribution in [1.82, 2.24) is 0 Å². The molecule has 4 nitrogen and oxygen atoms in total. The van der Waals surface area contributed by atoms with Crippen molar-refractivity contribution in [2.45, 2.75) is 0 Å². The molecule has 0 aliphatic rings. The second-order valence-corrected chi connectivity index (χ2v) is 3.27. The molecule has 17 heavy (non-hydrogen) atoms. The average Bonchev–Trinajstić information content (AvgIpc) is 2.37. The Morgan fingerprint density at radius 2 is 1.88 bits per heavy atom. The molecule has 0 fully saturated rings. The van der Waals surface area contributed by atoms with Crippen LogP contribution >= 0.6 is 0 Å². The lowest BCUT2D eigenvalue weighted by molar-refractivity contribution is -0.134. The maximum Gasteiger partial charge on any atom is 0.330 e. The fourth-order valence-electron chi connectivity index (χ4n) is 1.15. The van der Waals surface area contributed by atoms with Gasteiger partial charge in [-0.1, -0.05) is 12.1 Å². The molecular weight excluding hydrogens is 220 g/mol. The number of methoxy groups -OCH3 is 2. The van der Waals surface area contributed by atoms with Crippen LogP contribution in [0.2, 0.25) is 0 Å². The number of hydrogen-bond acceptors (Lipinski definition) is 4. The van der Waals surface area contributed by atoms with E-state index < -0.39 is 0 Å². The van der Waals surface area contributed by atoms with Gasteiger partial charge >= 0.3 is 5.97 Å². The van der Waals surface area contributed by atoms with Crippen LogP contribution in [0, 0.1) is 0 Å². The third kappa shape index (κ3) is 5.17. The van der Waals surface area contributed by atoms with Gasteiger partial charge in [-0.05, 0) is 23.8 Å². The second kappa shape index (κ2) is 7.46. The van der Waals surface area contributed by atoms with E-state index in [1.165, 1.54) is 13.2 Å². The van der Waals surface area contributed by atoms with Crippen LogP contribution in [0.3, 0.4) is 0 Å². The van der Waals surface area contributed by atoms with E-state index in [9.17, 15) is 4.79 Å². The van der Waals surface area contributed by atoms with Gasteiger partial charge in [0, 0.05) is 13.2 Å². The topological polar surface area (TPSA) is 44.8 Å². The van der Waals surface area contributed by atoms with E-state index in [1.807, 2.05) is 24.3 Å². The summed E-state index contributed by atoms with van der Waals surface area (Å²) in [6, 6.07) is 7.41. The minimum absolute atomic E-state index is 0.370. The van der Waals surface area contributed by atoms with Crippen LogP contribution in [0.25, 0.3) is 6.08 Å². The molecule has 0 amide bonds. The maximum absolute atomic E-state index is 10.9. The highest BCUT2D eigenvalue weighted by Crippen LogP contribution is 2.13. The smallest absolute Gasteiger partial charge is 0.330 e. The van der Waals surface area contributed by atoms with Crippen LogP contribution in [0.15, 0.2) is 30.3 Å². The van der Waals surface area contributed by atoms with Crippen LogP contribution < -0.4 is 4.74 Å². The molecule has 4 heteroatoms. The molecule has 0 heterocycles. The lowest BCUT2D eigenvalue weighted by Crippen LogP contribution is -2.03. The predicted molar refractivity (Wildman–Crippen MR) is 64.9 cm³/mol. The first kappa shape index (κ1) is 13.3. The van der Waals surface area contributed by atoms with Crippen LogP contribution in [-0.4, -0.2) is 33.4 Å². The summed E-state index contributed by atoms with van der Waals surface area (Å²) >= 11 is 0. The molecule has 1 aromatic carbocycles. The fraction of sp³-hybridized carbons (Fsp3) is 0.308. The number of ether oxygens (including phenoxy) is 3. The highest BCUT2D eigenvalue weighted by atomic mass is 16.5. The fourth-order valence-corrected chi connectivity index (χ4v) is 1.15. The van der Waals surface area contributed by atoms with E-state index in [4.69, 9.17) is 9.47 Å². The quantitative estimate of drug-likeness (QED) is 0.430. The molecule has 0 atom stereocenters. The summed E-state index contributed by atoms with van der Waals surface area (Å²) < 4.78 is 14.8. The Morgan fingerprint density at radius 3 is 2.47 bits per heavy atom. The van der Waals surface area contributed by atoms with Crippen molar-refractivity contribution in [2.24, 2.45) is 0 Å². The molecular formula is C13H16O4. The Balaban J connectivity index is 2.50. The average molecular weight is 236 g/mol. The molecule has 1 aromatic rings.